The minimum atomic E-state index is 0.293. The Bertz CT molecular complexity index is 564. The molecule has 1 nitrogen and oxygen atoms in total. The molecule has 4 aliphatic rings. The molecule has 0 aromatic carbocycles. The topological polar surface area (TPSA) is 17.1 Å². The van der Waals surface area contributed by atoms with Gasteiger partial charge in [-0.05, 0) is 55.4 Å². The molecule has 1 heteroatoms. The molecule has 0 N–H and O–H groups in total. The second-order valence-corrected chi connectivity index (χ2v) is 7.74. The zero-order valence-electron chi connectivity index (χ0n) is 14.6. The van der Waals surface area contributed by atoms with Crippen LogP contribution in [0.5, 0.6) is 0 Å². The van der Waals surface area contributed by atoms with Gasteiger partial charge in [-0.3, -0.25) is 4.79 Å². The van der Waals surface area contributed by atoms with E-state index in [4.69, 9.17) is 0 Å². The smallest absolute Gasteiger partial charge is 0.155 e. The summed E-state index contributed by atoms with van der Waals surface area (Å²) in [5.74, 6) is 1.87. The van der Waals surface area contributed by atoms with E-state index in [9.17, 15) is 4.79 Å². The van der Waals surface area contributed by atoms with Crippen LogP contribution in [0.15, 0.2) is 35.5 Å². The number of rotatable bonds is 0. The first-order valence-electron chi connectivity index (χ1n) is 9.17. The molecular weight excluding hydrogens is 268 g/mol. The molecule has 4 aliphatic carbocycles. The maximum absolute atomic E-state index is 11.8. The van der Waals surface area contributed by atoms with E-state index in [-0.39, 0.29) is 0 Å². The fourth-order valence-corrected chi connectivity index (χ4v) is 5.49. The fourth-order valence-electron chi connectivity index (χ4n) is 5.49. The van der Waals surface area contributed by atoms with E-state index >= 15 is 0 Å². The molecule has 0 aliphatic heterocycles. The SMILES string of the molecule is CC.CC12C=CC=C1C1CCC3=CC(=O)CCC3(C)C1CC2. The van der Waals surface area contributed by atoms with Crippen molar-refractivity contribution in [2.75, 3.05) is 0 Å². The lowest BCUT2D eigenvalue weighted by Crippen LogP contribution is -2.46. The first kappa shape index (κ1) is 15.8. The Balaban J connectivity index is 0.000000693. The van der Waals surface area contributed by atoms with E-state index < -0.39 is 0 Å². The first-order chi connectivity index (χ1) is 10.5. The minimum absolute atomic E-state index is 0.293. The quantitative estimate of drug-likeness (QED) is 0.566. The van der Waals surface area contributed by atoms with Gasteiger partial charge in [-0.15, -0.1) is 0 Å². The maximum Gasteiger partial charge on any atom is 0.155 e. The molecule has 0 heterocycles. The van der Waals surface area contributed by atoms with Crippen LogP contribution in [0.1, 0.15) is 66.2 Å². The summed E-state index contributed by atoms with van der Waals surface area (Å²) in [4.78, 5) is 11.8. The van der Waals surface area contributed by atoms with Crippen molar-refractivity contribution in [1.82, 2.24) is 0 Å². The molecule has 0 saturated heterocycles. The van der Waals surface area contributed by atoms with Crippen molar-refractivity contribution < 1.29 is 4.79 Å². The molecule has 0 bridgehead atoms. The molecule has 4 atom stereocenters. The maximum atomic E-state index is 11.8. The predicted molar refractivity (Wildman–Crippen MR) is 92.6 cm³/mol. The van der Waals surface area contributed by atoms with Gasteiger partial charge in [-0.2, -0.15) is 0 Å². The third-order valence-corrected chi connectivity index (χ3v) is 6.76. The predicted octanol–water partition coefficient (Wildman–Crippen LogP) is 5.63. The Morgan fingerprint density at radius 3 is 2.64 bits per heavy atom. The van der Waals surface area contributed by atoms with Gasteiger partial charge in [-0.1, -0.05) is 57.1 Å². The van der Waals surface area contributed by atoms with Crippen molar-refractivity contribution in [1.29, 1.82) is 0 Å². The molecular formula is C21H30O. The third-order valence-electron chi connectivity index (χ3n) is 6.76. The average molecular weight is 298 g/mol. The van der Waals surface area contributed by atoms with Gasteiger partial charge in [-0.25, -0.2) is 0 Å². The Labute approximate surface area is 135 Å². The highest BCUT2D eigenvalue weighted by Crippen LogP contribution is 2.62. The molecule has 0 aromatic rings. The summed E-state index contributed by atoms with van der Waals surface area (Å²) in [6.45, 7) is 8.85. The average Bonchev–Trinajstić information content (AvgIpc) is 2.92. The summed E-state index contributed by atoms with van der Waals surface area (Å²) < 4.78 is 0. The fraction of sp³-hybridized carbons (Fsp3) is 0.667. The van der Waals surface area contributed by atoms with E-state index in [1.165, 1.54) is 24.8 Å². The van der Waals surface area contributed by atoms with E-state index in [0.717, 1.165) is 31.1 Å². The zero-order chi connectivity index (χ0) is 16.0. The molecule has 0 radical (unpaired) electrons. The number of fused-ring (bicyclic) bond motifs is 5. The Morgan fingerprint density at radius 2 is 1.86 bits per heavy atom. The van der Waals surface area contributed by atoms with Crippen molar-refractivity contribution in [2.45, 2.75) is 66.2 Å². The molecule has 22 heavy (non-hydrogen) atoms. The van der Waals surface area contributed by atoms with Gasteiger partial charge in [0.2, 0.25) is 0 Å². The lowest BCUT2D eigenvalue weighted by Gasteiger charge is -2.55. The monoisotopic (exact) mass is 298 g/mol. The molecule has 0 amide bonds. The van der Waals surface area contributed by atoms with Gasteiger partial charge in [0, 0.05) is 11.8 Å². The van der Waals surface area contributed by atoms with Crippen molar-refractivity contribution in [3.8, 4) is 0 Å². The summed E-state index contributed by atoms with van der Waals surface area (Å²) in [5.41, 5.74) is 3.78. The number of allylic oxidation sites excluding steroid dienone is 6. The van der Waals surface area contributed by atoms with Crippen molar-refractivity contribution in [2.24, 2.45) is 22.7 Å². The van der Waals surface area contributed by atoms with Crippen molar-refractivity contribution in [3.05, 3.63) is 35.5 Å². The first-order valence-corrected chi connectivity index (χ1v) is 9.17. The zero-order valence-corrected chi connectivity index (χ0v) is 14.6. The number of hydrogen-bond acceptors (Lipinski definition) is 1. The number of hydrogen-bond donors (Lipinski definition) is 0. The summed E-state index contributed by atoms with van der Waals surface area (Å²) in [7, 11) is 0. The Morgan fingerprint density at radius 1 is 1.09 bits per heavy atom. The van der Waals surface area contributed by atoms with Crippen LogP contribution in [0.3, 0.4) is 0 Å². The summed E-state index contributed by atoms with van der Waals surface area (Å²) >= 11 is 0. The van der Waals surface area contributed by atoms with Gasteiger partial charge in [0.15, 0.2) is 5.78 Å². The Hall–Kier alpha value is -1.11. The van der Waals surface area contributed by atoms with Crippen LogP contribution < -0.4 is 0 Å². The number of ketones is 1. The molecule has 0 spiro atoms. The lowest BCUT2D eigenvalue weighted by molar-refractivity contribution is -0.116. The Kier molecular flexibility index (Phi) is 3.95. The van der Waals surface area contributed by atoms with E-state index in [1.54, 1.807) is 5.57 Å². The van der Waals surface area contributed by atoms with Crippen LogP contribution >= 0.6 is 0 Å². The van der Waals surface area contributed by atoms with Gasteiger partial charge in [0.1, 0.15) is 0 Å². The highest BCUT2D eigenvalue weighted by atomic mass is 16.1. The summed E-state index contributed by atoms with van der Waals surface area (Å²) in [6.07, 6.45) is 15.9. The summed E-state index contributed by atoms with van der Waals surface area (Å²) in [6, 6.07) is 0. The van der Waals surface area contributed by atoms with Crippen LogP contribution in [0.4, 0.5) is 0 Å². The molecule has 2 fully saturated rings. The van der Waals surface area contributed by atoms with E-state index in [0.29, 0.717) is 16.6 Å². The molecule has 4 rings (SSSR count). The van der Waals surface area contributed by atoms with E-state index in [2.05, 4.69) is 32.1 Å². The van der Waals surface area contributed by atoms with Crippen molar-refractivity contribution in [3.63, 3.8) is 0 Å². The molecule has 4 unspecified atom stereocenters. The van der Waals surface area contributed by atoms with Gasteiger partial charge in [0.25, 0.3) is 0 Å². The van der Waals surface area contributed by atoms with Crippen LogP contribution in [-0.2, 0) is 4.79 Å². The largest absolute Gasteiger partial charge is 0.295 e. The van der Waals surface area contributed by atoms with Gasteiger partial charge >= 0.3 is 0 Å². The molecule has 120 valence electrons. The van der Waals surface area contributed by atoms with Gasteiger partial charge < -0.3 is 0 Å². The molecule has 2 saturated carbocycles. The third kappa shape index (κ3) is 2.16. The standard InChI is InChI=1S/C19H24O.C2H6/c1-18-9-3-4-16(18)15-6-5-13-12-14(20)7-11-19(13,2)17(15)8-10-18;1-2/h3-4,9,12,15,17H,5-8,10-11H2,1-2H3;1-2H3. The highest BCUT2D eigenvalue weighted by Gasteiger charge is 2.52. The minimum Gasteiger partial charge on any atom is -0.295 e. The van der Waals surface area contributed by atoms with Gasteiger partial charge in [0.05, 0.1) is 0 Å². The number of carbonyl (C=O) groups excluding carboxylic acids is 1. The van der Waals surface area contributed by atoms with Crippen LogP contribution in [-0.4, -0.2) is 5.78 Å². The second-order valence-electron chi connectivity index (χ2n) is 7.74. The normalized spacial score (nSPS) is 42.3. The van der Waals surface area contributed by atoms with E-state index in [1.807, 2.05) is 19.9 Å². The highest BCUT2D eigenvalue weighted by molar-refractivity contribution is 5.91. The number of carbonyl (C=O) groups is 1. The van der Waals surface area contributed by atoms with Crippen LogP contribution in [0.2, 0.25) is 0 Å². The lowest BCUT2D eigenvalue weighted by atomic mass is 9.49. The van der Waals surface area contributed by atoms with Crippen molar-refractivity contribution >= 4 is 5.78 Å². The second kappa shape index (κ2) is 5.51. The van der Waals surface area contributed by atoms with Crippen LogP contribution in [0.25, 0.3) is 0 Å². The summed E-state index contributed by atoms with van der Waals surface area (Å²) in [5, 5.41) is 0. The molecule has 0 aromatic heterocycles. The van der Waals surface area contributed by atoms with Crippen LogP contribution in [0, 0.1) is 22.7 Å².